The van der Waals surface area contributed by atoms with E-state index in [0.29, 0.717) is 6.54 Å². The van der Waals surface area contributed by atoms with Gasteiger partial charge in [-0.05, 0) is 44.9 Å². The maximum atomic E-state index is 11.6. The normalized spacial score (nSPS) is 12.1. The summed E-state index contributed by atoms with van der Waals surface area (Å²) in [7, 11) is 0. The van der Waals surface area contributed by atoms with E-state index in [1.165, 1.54) is 10.8 Å². The van der Waals surface area contributed by atoms with Gasteiger partial charge in [0.15, 0.2) is 0 Å². The Morgan fingerprint density at radius 2 is 1.88 bits per heavy atom. The van der Waals surface area contributed by atoms with Crippen LogP contribution in [0.5, 0.6) is 0 Å². The fourth-order valence-corrected chi connectivity index (χ4v) is 2.77. The largest absolute Gasteiger partial charge is 0.444 e. The van der Waals surface area contributed by atoms with E-state index < -0.39 is 5.60 Å². The van der Waals surface area contributed by atoms with Gasteiger partial charge in [-0.1, -0.05) is 42.5 Å². The molecule has 0 aliphatic rings. The number of aromatic amines is 1. The van der Waals surface area contributed by atoms with E-state index in [4.69, 9.17) is 4.74 Å². The minimum Gasteiger partial charge on any atom is -0.444 e. The molecule has 0 radical (unpaired) electrons. The Morgan fingerprint density at radius 3 is 2.68 bits per heavy atom. The van der Waals surface area contributed by atoms with Crippen molar-refractivity contribution in [3.63, 3.8) is 0 Å². The Hall–Kier alpha value is -2.75. The van der Waals surface area contributed by atoms with E-state index in [0.717, 1.165) is 23.0 Å². The smallest absolute Gasteiger partial charge is 0.407 e. The highest BCUT2D eigenvalue weighted by Gasteiger charge is 2.15. The number of alkyl carbamates (subject to hydrolysis) is 1. The Labute approximate surface area is 147 Å². The van der Waals surface area contributed by atoms with Gasteiger partial charge in [0, 0.05) is 28.4 Å². The zero-order chi connectivity index (χ0) is 17.9. The van der Waals surface area contributed by atoms with Gasteiger partial charge in [0.1, 0.15) is 5.60 Å². The number of hydrogen-bond acceptors (Lipinski definition) is 2. The lowest BCUT2D eigenvalue weighted by molar-refractivity contribution is 0.0529. The lowest BCUT2D eigenvalue weighted by Crippen LogP contribution is -2.32. The summed E-state index contributed by atoms with van der Waals surface area (Å²) in [5.41, 5.74) is 2.96. The lowest BCUT2D eigenvalue weighted by atomic mass is 10.1. The highest BCUT2D eigenvalue weighted by atomic mass is 16.6. The van der Waals surface area contributed by atoms with Crippen molar-refractivity contribution in [1.82, 2.24) is 10.3 Å². The van der Waals surface area contributed by atoms with Crippen LogP contribution >= 0.6 is 0 Å². The van der Waals surface area contributed by atoms with E-state index in [9.17, 15) is 4.79 Å². The van der Waals surface area contributed by atoms with Crippen LogP contribution in [0.2, 0.25) is 0 Å². The maximum Gasteiger partial charge on any atom is 0.407 e. The third-order valence-corrected chi connectivity index (χ3v) is 3.82. The number of aromatic nitrogens is 1. The van der Waals surface area contributed by atoms with E-state index in [1.54, 1.807) is 0 Å². The first kappa shape index (κ1) is 17.1. The van der Waals surface area contributed by atoms with Gasteiger partial charge >= 0.3 is 6.09 Å². The second kappa shape index (κ2) is 7.01. The molecule has 0 unspecified atom stereocenters. The SMILES string of the molecule is CC(C)(C)OC(=O)NCCC=Cc1ccc2c(c1)[nH]c1ccccc12. The Balaban J connectivity index is 1.58. The molecular formula is C21H24N2O2. The first-order valence-corrected chi connectivity index (χ1v) is 8.56. The summed E-state index contributed by atoms with van der Waals surface area (Å²) in [4.78, 5) is 15.0. The molecule has 0 spiro atoms. The minimum absolute atomic E-state index is 0.375. The maximum absolute atomic E-state index is 11.6. The Bertz CT molecular complexity index is 916. The van der Waals surface area contributed by atoms with Gasteiger partial charge in [0.25, 0.3) is 0 Å². The van der Waals surface area contributed by atoms with E-state index in [-0.39, 0.29) is 6.09 Å². The molecule has 0 saturated carbocycles. The van der Waals surface area contributed by atoms with Crippen molar-refractivity contribution in [1.29, 1.82) is 0 Å². The average molecular weight is 336 g/mol. The van der Waals surface area contributed by atoms with E-state index in [1.807, 2.05) is 26.8 Å². The van der Waals surface area contributed by atoms with Crippen LogP contribution in [0.1, 0.15) is 32.8 Å². The molecule has 1 heterocycles. The molecule has 3 rings (SSSR count). The molecule has 0 atom stereocenters. The third-order valence-electron chi connectivity index (χ3n) is 3.82. The molecule has 3 aromatic rings. The second-order valence-corrected chi connectivity index (χ2v) is 7.10. The van der Waals surface area contributed by atoms with Crippen LogP contribution in [0.3, 0.4) is 0 Å². The number of carbonyl (C=O) groups is 1. The molecule has 0 aliphatic carbocycles. The van der Waals surface area contributed by atoms with Gasteiger partial charge in [0.2, 0.25) is 0 Å². The third kappa shape index (κ3) is 4.41. The van der Waals surface area contributed by atoms with Gasteiger partial charge in [-0.2, -0.15) is 0 Å². The van der Waals surface area contributed by atoms with Crippen molar-refractivity contribution in [3.8, 4) is 0 Å². The van der Waals surface area contributed by atoms with Gasteiger partial charge in [-0.3, -0.25) is 0 Å². The van der Waals surface area contributed by atoms with Crippen LogP contribution < -0.4 is 5.32 Å². The molecule has 25 heavy (non-hydrogen) atoms. The number of carbonyl (C=O) groups excluding carboxylic acids is 1. The molecule has 0 aliphatic heterocycles. The number of rotatable bonds is 4. The van der Waals surface area contributed by atoms with Gasteiger partial charge in [0.05, 0.1) is 0 Å². The molecule has 4 nitrogen and oxygen atoms in total. The van der Waals surface area contributed by atoms with Crippen LogP contribution in [0, 0.1) is 0 Å². The first-order valence-electron chi connectivity index (χ1n) is 8.56. The molecular weight excluding hydrogens is 312 g/mol. The van der Waals surface area contributed by atoms with E-state index in [2.05, 4.69) is 58.9 Å². The summed E-state index contributed by atoms with van der Waals surface area (Å²) in [6.07, 6.45) is 4.51. The first-order chi connectivity index (χ1) is 11.9. The summed E-state index contributed by atoms with van der Waals surface area (Å²) < 4.78 is 5.20. The van der Waals surface area contributed by atoms with Crippen molar-refractivity contribution in [3.05, 3.63) is 54.1 Å². The van der Waals surface area contributed by atoms with Crippen molar-refractivity contribution in [2.75, 3.05) is 6.54 Å². The summed E-state index contributed by atoms with van der Waals surface area (Å²) in [6.45, 7) is 6.12. The molecule has 130 valence electrons. The number of benzene rings is 2. The number of H-pyrrole nitrogens is 1. The molecule has 1 amide bonds. The fourth-order valence-electron chi connectivity index (χ4n) is 2.77. The summed E-state index contributed by atoms with van der Waals surface area (Å²) in [6, 6.07) is 14.7. The highest BCUT2D eigenvalue weighted by Crippen LogP contribution is 2.26. The number of hydrogen-bond donors (Lipinski definition) is 2. The molecule has 1 aromatic heterocycles. The summed E-state index contributed by atoms with van der Waals surface area (Å²) in [5, 5.41) is 5.23. The number of nitrogens with one attached hydrogen (secondary N) is 2. The fraction of sp³-hybridized carbons (Fsp3) is 0.286. The average Bonchev–Trinajstić information content (AvgIpc) is 2.90. The zero-order valence-electron chi connectivity index (χ0n) is 14.9. The molecule has 2 N–H and O–H groups in total. The summed E-state index contributed by atoms with van der Waals surface area (Å²) in [5.74, 6) is 0. The van der Waals surface area contributed by atoms with Gasteiger partial charge in [-0.15, -0.1) is 0 Å². The topological polar surface area (TPSA) is 54.1 Å². The highest BCUT2D eigenvalue weighted by molar-refractivity contribution is 6.07. The number of amides is 1. The van der Waals surface area contributed by atoms with Crippen LogP contribution in [0.25, 0.3) is 27.9 Å². The quantitative estimate of drug-likeness (QED) is 0.639. The number of ether oxygens (including phenoxy) is 1. The molecule has 2 aromatic carbocycles. The molecule has 0 fully saturated rings. The molecule has 0 saturated heterocycles. The van der Waals surface area contributed by atoms with Gasteiger partial charge in [-0.25, -0.2) is 4.79 Å². The predicted molar refractivity (Wildman–Crippen MR) is 104 cm³/mol. The van der Waals surface area contributed by atoms with Crippen molar-refractivity contribution in [2.45, 2.75) is 32.8 Å². The second-order valence-electron chi connectivity index (χ2n) is 7.10. The Kier molecular flexibility index (Phi) is 4.79. The van der Waals surface area contributed by atoms with Crippen molar-refractivity contribution in [2.24, 2.45) is 0 Å². The molecule has 0 bridgehead atoms. The predicted octanol–water partition coefficient (Wildman–Crippen LogP) is 5.25. The molecule has 4 heteroatoms. The van der Waals surface area contributed by atoms with E-state index >= 15 is 0 Å². The van der Waals surface area contributed by atoms with Crippen molar-refractivity contribution < 1.29 is 9.53 Å². The minimum atomic E-state index is -0.463. The van der Waals surface area contributed by atoms with Crippen LogP contribution in [0.4, 0.5) is 4.79 Å². The summed E-state index contributed by atoms with van der Waals surface area (Å²) >= 11 is 0. The van der Waals surface area contributed by atoms with Crippen LogP contribution in [-0.2, 0) is 4.74 Å². The van der Waals surface area contributed by atoms with Gasteiger partial charge < -0.3 is 15.0 Å². The zero-order valence-corrected chi connectivity index (χ0v) is 14.9. The Morgan fingerprint density at radius 1 is 1.12 bits per heavy atom. The number of para-hydroxylation sites is 1. The monoisotopic (exact) mass is 336 g/mol. The van der Waals surface area contributed by atoms with Crippen molar-refractivity contribution >= 4 is 34.0 Å². The number of fused-ring (bicyclic) bond motifs is 3. The standard InChI is InChI=1S/C21H24N2O2/c1-21(2,3)25-20(24)22-13-7-6-8-15-11-12-17-16-9-4-5-10-18(16)23-19(17)14-15/h4-6,8-12,14,23H,7,13H2,1-3H3,(H,22,24). The lowest BCUT2D eigenvalue weighted by Gasteiger charge is -2.19. The van der Waals surface area contributed by atoms with Crippen LogP contribution in [0.15, 0.2) is 48.5 Å². The van der Waals surface area contributed by atoms with Crippen LogP contribution in [-0.4, -0.2) is 23.2 Å².